The number of hydrogen-bond donors (Lipinski definition) is 1. The number of hydrogen-bond acceptors (Lipinski definition) is 7. The smallest absolute Gasteiger partial charge is 0.307 e. The van der Waals surface area contributed by atoms with Gasteiger partial charge in [-0.15, -0.1) is 10.1 Å². The predicted octanol–water partition coefficient (Wildman–Crippen LogP) is -0.975. The maximum atomic E-state index is 10.9. The van der Waals surface area contributed by atoms with Gasteiger partial charge in [0.05, 0.1) is 12.9 Å². The van der Waals surface area contributed by atoms with Crippen molar-refractivity contribution in [1.82, 2.24) is 4.72 Å². The standard InChI is InChI=1S/C6H12N2O7S/c1-16(12,13)7-5-14-6(9)3-2-4-15-8(10)11/h7H,2-5H2,1H3. The van der Waals surface area contributed by atoms with E-state index >= 15 is 0 Å². The summed E-state index contributed by atoms with van der Waals surface area (Å²) in [5.74, 6) is -0.664. The van der Waals surface area contributed by atoms with E-state index < -0.39 is 27.8 Å². The molecule has 0 saturated heterocycles. The predicted molar refractivity (Wildman–Crippen MR) is 51.1 cm³/mol. The van der Waals surface area contributed by atoms with Crippen LogP contribution >= 0.6 is 0 Å². The highest BCUT2D eigenvalue weighted by molar-refractivity contribution is 7.88. The number of esters is 1. The van der Waals surface area contributed by atoms with Gasteiger partial charge in [-0.05, 0) is 6.42 Å². The summed E-state index contributed by atoms with van der Waals surface area (Å²) in [6.45, 7) is -0.657. The molecule has 10 heteroatoms. The molecule has 0 unspecified atom stereocenters. The molecule has 94 valence electrons. The van der Waals surface area contributed by atoms with Crippen LogP contribution in [-0.2, 0) is 24.4 Å². The van der Waals surface area contributed by atoms with Gasteiger partial charge < -0.3 is 9.57 Å². The van der Waals surface area contributed by atoms with E-state index in [2.05, 4.69) is 9.57 Å². The molecule has 0 aromatic carbocycles. The Kier molecular flexibility index (Phi) is 6.34. The second kappa shape index (κ2) is 6.95. The summed E-state index contributed by atoms with van der Waals surface area (Å²) in [6, 6.07) is 0. The average molecular weight is 256 g/mol. The van der Waals surface area contributed by atoms with E-state index in [4.69, 9.17) is 0 Å². The molecule has 0 aliphatic heterocycles. The topological polar surface area (TPSA) is 125 Å². The van der Waals surface area contributed by atoms with E-state index in [1.807, 2.05) is 4.72 Å². The molecular formula is C6H12N2O7S. The molecular weight excluding hydrogens is 244 g/mol. The van der Waals surface area contributed by atoms with Crippen LogP contribution in [-0.4, -0.2) is 39.1 Å². The van der Waals surface area contributed by atoms with Crippen molar-refractivity contribution >= 4 is 16.0 Å². The summed E-state index contributed by atoms with van der Waals surface area (Å²) in [7, 11) is -3.40. The van der Waals surface area contributed by atoms with Gasteiger partial charge in [0.1, 0.15) is 0 Å². The fourth-order valence-electron chi connectivity index (χ4n) is 0.645. The quantitative estimate of drug-likeness (QED) is 0.194. The molecule has 0 saturated carbocycles. The molecule has 0 rings (SSSR count). The SMILES string of the molecule is CS(=O)(=O)NCOC(=O)CCCO[N+](=O)[O-]. The maximum absolute atomic E-state index is 10.9. The highest BCUT2D eigenvalue weighted by Gasteiger charge is 2.05. The van der Waals surface area contributed by atoms with Crippen molar-refractivity contribution in [3.63, 3.8) is 0 Å². The van der Waals surface area contributed by atoms with Crippen LogP contribution < -0.4 is 4.72 Å². The Morgan fingerprint density at radius 1 is 1.50 bits per heavy atom. The van der Waals surface area contributed by atoms with E-state index in [0.29, 0.717) is 0 Å². The van der Waals surface area contributed by atoms with Gasteiger partial charge in [0.25, 0.3) is 5.09 Å². The third-order valence-corrected chi connectivity index (χ3v) is 1.92. The lowest BCUT2D eigenvalue weighted by Gasteiger charge is -2.04. The number of carbonyl (C=O) groups is 1. The molecule has 0 aromatic rings. The number of sulfonamides is 1. The number of nitrogens with one attached hydrogen (secondary N) is 1. The largest absolute Gasteiger partial charge is 0.449 e. The molecule has 0 amide bonds. The molecule has 9 nitrogen and oxygen atoms in total. The Hall–Kier alpha value is -1.42. The normalized spacial score (nSPS) is 10.8. The molecule has 0 aliphatic rings. The van der Waals surface area contributed by atoms with Crippen molar-refractivity contribution in [1.29, 1.82) is 0 Å². The molecule has 0 bridgehead atoms. The minimum atomic E-state index is -3.40. The summed E-state index contributed by atoms with van der Waals surface area (Å²) in [5, 5.41) is 8.76. The molecule has 0 atom stereocenters. The second-order valence-electron chi connectivity index (χ2n) is 2.74. The fourth-order valence-corrected chi connectivity index (χ4v) is 0.918. The zero-order chi connectivity index (χ0) is 12.6. The van der Waals surface area contributed by atoms with Gasteiger partial charge in [-0.1, -0.05) is 0 Å². The molecule has 1 N–H and O–H groups in total. The summed E-state index contributed by atoms with van der Waals surface area (Å²) in [4.78, 5) is 24.6. The average Bonchev–Trinajstić information content (AvgIpc) is 2.10. The number of carbonyl (C=O) groups excluding carboxylic acids is 1. The molecule has 0 fully saturated rings. The van der Waals surface area contributed by atoms with Crippen molar-refractivity contribution in [2.75, 3.05) is 19.6 Å². The molecule has 0 heterocycles. The number of rotatable bonds is 8. The first kappa shape index (κ1) is 14.6. The maximum Gasteiger partial charge on any atom is 0.307 e. The molecule has 0 aliphatic carbocycles. The van der Waals surface area contributed by atoms with Crippen LogP contribution in [0.5, 0.6) is 0 Å². The van der Waals surface area contributed by atoms with Gasteiger partial charge in [0, 0.05) is 6.42 Å². The molecule has 0 radical (unpaired) electrons. The monoisotopic (exact) mass is 256 g/mol. The van der Waals surface area contributed by atoms with Crippen molar-refractivity contribution < 1.29 is 27.9 Å². The van der Waals surface area contributed by atoms with Gasteiger partial charge >= 0.3 is 5.97 Å². The van der Waals surface area contributed by atoms with Gasteiger partial charge in [0.15, 0.2) is 6.73 Å². The molecule has 16 heavy (non-hydrogen) atoms. The van der Waals surface area contributed by atoms with Crippen molar-refractivity contribution in [2.45, 2.75) is 12.8 Å². The van der Waals surface area contributed by atoms with Crippen LogP contribution in [0.15, 0.2) is 0 Å². The molecule has 0 aromatic heterocycles. The van der Waals surface area contributed by atoms with Crippen LogP contribution in [0.4, 0.5) is 0 Å². The van der Waals surface area contributed by atoms with Crippen LogP contribution in [0, 0.1) is 10.1 Å². The summed E-state index contributed by atoms with van der Waals surface area (Å²) >= 11 is 0. The van der Waals surface area contributed by atoms with Gasteiger partial charge in [-0.3, -0.25) is 4.79 Å². The Bertz CT molecular complexity index is 339. The van der Waals surface area contributed by atoms with Crippen molar-refractivity contribution in [2.24, 2.45) is 0 Å². The molecule has 0 spiro atoms. The van der Waals surface area contributed by atoms with E-state index in [-0.39, 0.29) is 19.4 Å². The Morgan fingerprint density at radius 2 is 2.12 bits per heavy atom. The van der Waals surface area contributed by atoms with E-state index in [1.54, 1.807) is 0 Å². The highest BCUT2D eigenvalue weighted by Crippen LogP contribution is 1.93. The van der Waals surface area contributed by atoms with E-state index in [0.717, 1.165) is 6.26 Å². The Labute approximate surface area is 91.9 Å². The first-order valence-corrected chi connectivity index (χ1v) is 6.08. The zero-order valence-electron chi connectivity index (χ0n) is 8.54. The lowest BCUT2D eigenvalue weighted by atomic mass is 10.3. The van der Waals surface area contributed by atoms with Crippen LogP contribution in [0.2, 0.25) is 0 Å². The zero-order valence-corrected chi connectivity index (χ0v) is 9.36. The minimum Gasteiger partial charge on any atom is -0.449 e. The Morgan fingerprint density at radius 3 is 2.62 bits per heavy atom. The lowest BCUT2D eigenvalue weighted by molar-refractivity contribution is -0.757. The van der Waals surface area contributed by atoms with Crippen molar-refractivity contribution in [3.8, 4) is 0 Å². The minimum absolute atomic E-state index is 0.0840. The first-order chi connectivity index (χ1) is 7.31. The van der Waals surface area contributed by atoms with Crippen molar-refractivity contribution in [3.05, 3.63) is 10.1 Å². The van der Waals surface area contributed by atoms with Gasteiger partial charge in [-0.25, -0.2) is 8.42 Å². The first-order valence-electron chi connectivity index (χ1n) is 4.19. The third kappa shape index (κ3) is 10.7. The fraction of sp³-hybridized carbons (Fsp3) is 0.833. The van der Waals surface area contributed by atoms with Crippen LogP contribution in [0.25, 0.3) is 0 Å². The van der Waals surface area contributed by atoms with Gasteiger partial charge in [-0.2, -0.15) is 4.72 Å². The van der Waals surface area contributed by atoms with Gasteiger partial charge in [0.2, 0.25) is 10.0 Å². The highest BCUT2D eigenvalue weighted by atomic mass is 32.2. The second-order valence-corrected chi connectivity index (χ2v) is 4.57. The lowest BCUT2D eigenvalue weighted by Crippen LogP contribution is -2.26. The summed E-state index contributed by atoms with van der Waals surface area (Å²) in [6.07, 6.45) is 0.962. The summed E-state index contributed by atoms with van der Waals surface area (Å²) in [5.41, 5.74) is 0. The van der Waals surface area contributed by atoms with E-state index in [9.17, 15) is 23.3 Å². The van der Waals surface area contributed by atoms with E-state index in [1.165, 1.54) is 0 Å². The summed E-state index contributed by atoms with van der Waals surface area (Å²) < 4.78 is 27.5. The number of nitrogens with zero attached hydrogens (tertiary/aromatic N) is 1. The van der Waals surface area contributed by atoms with Crippen LogP contribution in [0.3, 0.4) is 0 Å². The number of ether oxygens (including phenoxy) is 1. The third-order valence-electron chi connectivity index (χ3n) is 1.28. The van der Waals surface area contributed by atoms with Crippen LogP contribution in [0.1, 0.15) is 12.8 Å². The Balaban J connectivity index is 3.49.